The third-order valence-corrected chi connectivity index (χ3v) is 5.31. The number of likely N-dealkylation sites (tertiary alicyclic amines) is 1. The molecule has 0 amide bonds. The molecule has 0 bridgehead atoms. The minimum atomic E-state index is -0.111. The maximum atomic E-state index is 6.39. The van der Waals surface area contributed by atoms with Crippen molar-refractivity contribution < 1.29 is 9.47 Å². The van der Waals surface area contributed by atoms with E-state index in [0.717, 1.165) is 31.7 Å². The first-order chi connectivity index (χ1) is 10.7. The van der Waals surface area contributed by atoms with Crippen molar-refractivity contribution in [1.29, 1.82) is 0 Å². The molecule has 2 aliphatic rings. The second kappa shape index (κ2) is 7.01. The Morgan fingerprint density at radius 3 is 2.73 bits per heavy atom. The first-order valence-electron chi connectivity index (χ1n) is 8.84. The van der Waals surface area contributed by atoms with Crippen LogP contribution in [0.3, 0.4) is 0 Å². The van der Waals surface area contributed by atoms with Crippen LogP contribution in [0.25, 0.3) is 0 Å². The highest BCUT2D eigenvalue weighted by Crippen LogP contribution is 2.37. The van der Waals surface area contributed by atoms with E-state index < -0.39 is 0 Å². The van der Waals surface area contributed by atoms with Crippen LogP contribution in [0.2, 0.25) is 0 Å². The third-order valence-electron chi connectivity index (χ3n) is 5.31. The number of piperidine rings is 1. The first kappa shape index (κ1) is 15.8. The molecule has 1 aromatic carbocycles. The predicted octanol–water partition coefficient (Wildman–Crippen LogP) is 4.01. The van der Waals surface area contributed by atoms with Gasteiger partial charge in [-0.1, -0.05) is 38.0 Å². The summed E-state index contributed by atoms with van der Waals surface area (Å²) in [6, 6.07) is 8.28. The van der Waals surface area contributed by atoms with Gasteiger partial charge in [-0.25, -0.2) is 0 Å². The monoisotopic (exact) mass is 303 g/mol. The molecule has 1 saturated heterocycles. The predicted molar refractivity (Wildman–Crippen MR) is 89.3 cm³/mol. The Kier molecular flexibility index (Phi) is 5.04. The molecule has 0 aromatic heterocycles. The van der Waals surface area contributed by atoms with Gasteiger partial charge < -0.3 is 14.4 Å². The molecule has 0 saturated carbocycles. The highest BCUT2D eigenvalue weighted by atomic mass is 16.6. The minimum absolute atomic E-state index is 0.111. The number of para-hydroxylation sites is 1. The van der Waals surface area contributed by atoms with Gasteiger partial charge in [-0.15, -0.1) is 0 Å². The summed E-state index contributed by atoms with van der Waals surface area (Å²) in [6.45, 7) is 8.62. The summed E-state index contributed by atoms with van der Waals surface area (Å²) in [6.07, 6.45) is 6.23. The summed E-state index contributed by atoms with van der Waals surface area (Å²) in [5.74, 6) is 0.997. The van der Waals surface area contributed by atoms with Crippen LogP contribution in [-0.4, -0.2) is 36.2 Å². The van der Waals surface area contributed by atoms with Crippen molar-refractivity contribution in [3.63, 3.8) is 0 Å². The Bertz CT molecular complexity index is 480. The van der Waals surface area contributed by atoms with Crippen LogP contribution in [0, 0.1) is 0 Å². The van der Waals surface area contributed by atoms with Crippen molar-refractivity contribution in [3.8, 4) is 5.75 Å². The van der Waals surface area contributed by atoms with Gasteiger partial charge in [0, 0.05) is 18.7 Å². The molecule has 0 radical (unpaired) electrons. The molecule has 1 aromatic rings. The molecule has 22 heavy (non-hydrogen) atoms. The molecule has 2 heterocycles. The normalized spacial score (nSPS) is 24.5. The van der Waals surface area contributed by atoms with E-state index in [1.165, 1.54) is 31.4 Å². The Hall–Kier alpha value is -1.06. The molecule has 2 aliphatic heterocycles. The number of benzene rings is 1. The van der Waals surface area contributed by atoms with Gasteiger partial charge in [-0.2, -0.15) is 0 Å². The summed E-state index contributed by atoms with van der Waals surface area (Å²) in [4.78, 5) is 2.59. The van der Waals surface area contributed by atoms with Gasteiger partial charge in [0.2, 0.25) is 0 Å². The van der Waals surface area contributed by atoms with Gasteiger partial charge in [0.1, 0.15) is 17.5 Å². The lowest BCUT2D eigenvalue weighted by atomic mass is 9.86. The highest BCUT2D eigenvalue weighted by molar-refractivity contribution is 5.34. The van der Waals surface area contributed by atoms with Gasteiger partial charge >= 0.3 is 0 Å². The smallest absolute Gasteiger partial charge is 0.125 e. The molecule has 122 valence electrons. The summed E-state index contributed by atoms with van der Waals surface area (Å²) < 4.78 is 12.6. The molecule has 1 atom stereocenters. The van der Waals surface area contributed by atoms with Crippen LogP contribution in [0.15, 0.2) is 24.3 Å². The number of ether oxygens (including phenoxy) is 2. The van der Waals surface area contributed by atoms with E-state index in [4.69, 9.17) is 9.47 Å². The molecule has 3 heteroatoms. The fraction of sp³-hybridized carbons (Fsp3) is 0.684. The number of rotatable bonds is 4. The van der Waals surface area contributed by atoms with Crippen LogP contribution < -0.4 is 4.74 Å². The van der Waals surface area contributed by atoms with Crippen LogP contribution in [-0.2, 0) is 11.3 Å². The van der Waals surface area contributed by atoms with Crippen molar-refractivity contribution in [3.05, 3.63) is 29.8 Å². The van der Waals surface area contributed by atoms with E-state index in [1.807, 2.05) is 6.07 Å². The maximum Gasteiger partial charge on any atom is 0.125 e. The molecule has 1 fully saturated rings. The summed E-state index contributed by atoms with van der Waals surface area (Å²) in [5, 5.41) is 0. The van der Waals surface area contributed by atoms with Crippen molar-refractivity contribution in [2.75, 3.05) is 19.6 Å². The second-order valence-electron chi connectivity index (χ2n) is 6.77. The van der Waals surface area contributed by atoms with Crippen molar-refractivity contribution >= 4 is 0 Å². The maximum absolute atomic E-state index is 6.39. The van der Waals surface area contributed by atoms with Gasteiger partial charge in [0.25, 0.3) is 0 Å². The molecule has 3 nitrogen and oxygen atoms in total. The molecule has 0 aliphatic carbocycles. The lowest BCUT2D eigenvalue weighted by Gasteiger charge is -2.43. The fourth-order valence-corrected chi connectivity index (χ4v) is 3.67. The molecule has 1 unspecified atom stereocenters. The van der Waals surface area contributed by atoms with Crippen LogP contribution in [0.1, 0.15) is 51.5 Å². The van der Waals surface area contributed by atoms with Crippen LogP contribution >= 0.6 is 0 Å². The zero-order valence-corrected chi connectivity index (χ0v) is 14.0. The summed E-state index contributed by atoms with van der Waals surface area (Å²) in [7, 11) is 0. The van der Waals surface area contributed by atoms with Crippen molar-refractivity contribution in [2.45, 2.75) is 64.3 Å². The Labute approximate surface area is 134 Å². The van der Waals surface area contributed by atoms with E-state index in [1.54, 1.807) is 0 Å². The molecular formula is C19H29NO2. The van der Waals surface area contributed by atoms with Gasteiger partial charge in [-0.3, -0.25) is 0 Å². The fourth-order valence-electron chi connectivity index (χ4n) is 3.67. The van der Waals surface area contributed by atoms with E-state index in [9.17, 15) is 0 Å². The molecular weight excluding hydrogens is 274 g/mol. The van der Waals surface area contributed by atoms with Gasteiger partial charge in [-0.05, 0) is 38.8 Å². The Morgan fingerprint density at radius 2 is 1.95 bits per heavy atom. The summed E-state index contributed by atoms with van der Waals surface area (Å²) in [5.41, 5.74) is 1.07. The standard InChI is InChI=1S/C19H29NO2/c1-3-4-7-12-20-13-10-19(11-14-20)16(2)22-18-9-6-5-8-17(18)15-21-19/h5-6,8-9,16H,3-4,7,10-15H2,1-2H3. The highest BCUT2D eigenvalue weighted by Gasteiger charge is 2.43. The van der Waals surface area contributed by atoms with Crippen molar-refractivity contribution in [1.82, 2.24) is 4.90 Å². The lowest BCUT2D eigenvalue weighted by Crippen LogP contribution is -2.53. The zero-order valence-electron chi connectivity index (χ0n) is 14.0. The Morgan fingerprint density at radius 1 is 1.18 bits per heavy atom. The van der Waals surface area contributed by atoms with E-state index in [0.29, 0.717) is 6.61 Å². The number of nitrogens with zero attached hydrogens (tertiary/aromatic N) is 1. The third kappa shape index (κ3) is 3.31. The number of hydrogen-bond donors (Lipinski definition) is 0. The van der Waals surface area contributed by atoms with Gasteiger partial charge in [0.05, 0.1) is 6.61 Å². The minimum Gasteiger partial charge on any atom is -0.487 e. The average Bonchev–Trinajstić information content (AvgIpc) is 2.68. The van der Waals surface area contributed by atoms with Crippen LogP contribution in [0.4, 0.5) is 0 Å². The SMILES string of the molecule is CCCCCN1CCC2(CC1)OCc1ccccc1OC2C. The molecule has 0 N–H and O–H groups in total. The van der Waals surface area contributed by atoms with Crippen molar-refractivity contribution in [2.24, 2.45) is 0 Å². The summed E-state index contributed by atoms with van der Waals surface area (Å²) >= 11 is 0. The topological polar surface area (TPSA) is 21.7 Å². The van der Waals surface area contributed by atoms with E-state index in [-0.39, 0.29) is 11.7 Å². The van der Waals surface area contributed by atoms with E-state index >= 15 is 0 Å². The van der Waals surface area contributed by atoms with E-state index in [2.05, 4.69) is 36.9 Å². The lowest BCUT2D eigenvalue weighted by molar-refractivity contribution is -0.136. The number of fused-ring (bicyclic) bond motifs is 1. The molecule has 1 spiro atoms. The quantitative estimate of drug-likeness (QED) is 0.785. The second-order valence-corrected chi connectivity index (χ2v) is 6.77. The number of hydrogen-bond acceptors (Lipinski definition) is 3. The molecule has 3 rings (SSSR count). The zero-order chi connectivity index (χ0) is 15.4. The largest absolute Gasteiger partial charge is 0.487 e. The number of unbranched alkanes of at least 4 members (excludes halogenated alkanes) is 2. The average molecular weight is 303 g/mol. The first-order valence-corrected chi connectivity index (χ1v) is 8.84. The Balaban J connectivity index is 1.61. The van der Waals surface area contributed by atoms with Crippen LogP contribution in [0.5, 0.6) is 5.75 Å². The van der Waals surface area contributed by atoms with Gasteiger partial charge in [0.15, 0.2) is 0 Å².